The van der Waals surface area contributed by atoms with Crippen LogP contribution in [0.15, 0.2) is 47.1 Å². The fourth-order valence-corrected chi connectivity index (χ4v) is 1.67. The van der Waals surface area contributed by atoms with Crippen molar-refractivity contribution < 1.29 is 9.52 Å². The molecule has 90 valence electrons. The average molecular weight is 252 g/mol. The molecule has 2 rings (SSSR count). The van der Waals surface area contributed by atoms with Crippen molar-refractivity contribution in [1.82, 2.24) is 5.32 Å². The molecule has 1 unspecified atom stereocenters. The van der Waals surface area contributed by atoms with Gasteiger partial charge in [-0.15, -0.1) is 0 Å². The summed E-state index contributed by atoms with van der Waals surface area (Å²) in [6.45, 7) is 1.08. The molecule has 1 heterocycles. The first-order valence-electron chi connectivity index (χ1n) is 5.42. The lowest BCUT2D eigenvalue weighted by atomic mass is 10.1. The van der Waals surface area contributed by atoms with Crippen molar-refractivity contribution in [3.8, 4) is 0 Å². The van der Waals surface area contributed by atoms with Gasteiger partial charge in [0.05, 0.1) is 18.9 Å². The van der Waals surface area contributed by atoms with E-state index in [1.165, 1.54) is 0 Å². The van der Waals surface area contributed by atoms with Gasteiger partial charge in [-0.05, 0) is 29.8 Å². The summed E-state index contributed by atoms with van der Waals surface area (Å²) >= 11 is 5.78. The molecule has 4 heteroatoms. The second kappa shape index (κ2) is 5.87. The standard InChI is InChI=1S/C13H14ClNO2/c14-11-5-3-10(4-6-11)13(16)9-15-8-12-2-1-7-17-12/h1-7,13,15-16H,8-9H2. The Kier molecular flexibility index (Phi) is 4.20. The highest BCUT2D eigenvalue weighted by molar-refractivity contribution is 6.30. The zero-order valence-electron chi connectivity index (χ0n) is 9.27. The van der Waals surface area contributed by atoms with Crippen LogP contribution in [0.4, 0.5) is 0 Å². The Balaban J connectivity index is 1.81. The molecule has 0 bridgehead atoms. The van der Waals surface area contributed by atoms with Crippen molar-refractivity contribution in [3.05, 3.63) is 59.0 Å². The van der Waals surface area contributed by atoms with Crippen LogP contribution in [0.1, 0.15) is 17.4 Å². The molecule has 0 saturated heterocycles. The largest absolute Gasteiger partial charge is 0.468 e. The molecule has 1 aromatic carbocycles. The second-order valence-corrected chi connectivity index (χ2v) is 4.21. The van der Waals surface area contributed by atoms with Crippen LogP contribution in [0.25, 0.3) is 0 Å². The maximum absolute atomic E-state index is 9.90. The molecular formula is C13H14ClNO2. The van der Waals surface area contributed by atoms with Gasteiger partial charge in [-0.3, -0.25) is 0 Å². The fourth-order valence-electron chi connectivity index (χ4n) is 1.55. The topological polar surface area (TPSA) is 45.4 Å². The molecule has 0 amide bonds. The quantitative estimate of drug-likeness (QED) is 0.859. The number of hydrogen-bond acceptors (Lipinski definition) is 3. The van der Waals surface area contributed by atoms with Crippen LogP contribution >= 0.6 is 11.6 Å². The van der Waals surface area contributed by atoms with Gasteiger partial charge in [0, 0.05) is 11.6 Å². The second-order valence-electron chi connectivity index (χ2n) is 3.78. The molecule has 3 nitrogen and oxygen atoms in total. The lowest BCUT2D eigenvalue weighted by molar-refractivity contribution is 0.173. The predicted molar refractivity (Wildman–Crippen MR) is 66.8 cm³/mol. The van der Waals surface area contributed by atoms with Gasteiger partial charge in [-0.25, -0.2) is 0 Å². The molecule has 2 N–H and O–H groups in total. The smallest absolute Gasteiger partial charge is 0.117 e. The molecule has 0 spiro atoms. The fraction of sp³-hybridized carbons (Fsp3) is 0.231. The Morgan fingerprint density at radius 1 is 1.24 bits per heavy atom. The van der Waals surface area contributed by atoms with Crippen LogP contribution in [-0.4, -0.2) is 11.7 Å². The van der Waals surface area contributed by atoms with Crippen molar-refractivity contribution in [2.45, 2.75) is 12.6 Å². The summed E-state index contributed by atoms with van der Waals surface area (Å²) in [4.78, 5) is 0. The van der Waals surface area contributed by atoms with E-state index in [4.69, 9.17) is 16.0 Å². The summed E-state index contributed by atoms with van der Waals surface area (Å²) in [5.41, 5.74) is 0.848. The van der Waals surface area contributed by atoms with E-state index in [0.29, 0.717) is 18.1 Å². The lowest BCUT2D eigenvalue weighted by Crippen LogP contribution is -2.20. The third kappa shape index (κ3) is 3.60. The average Bonchev–Trinajstić information content (AvgIpc) is 2.83. The van der Waals surface area contributed by atoms with E-state index in [1.807, 2.05) is 24.3 Å². The highest BCUT2D eigenvalue weighted by Gasteiger charge is 2.06. The van der Waals surface area contributed by atoms with Crippen molar-refractivity contribution in [3.63, 3.8) is 0 Å². The molecule has 17 heavy (non-hydrogen) atoms. The van der Waals surface area contributed by atoms with Crippen molar-refractivity contribution >= 4 is 11.6 Å². The Morgan fingerprint density at radius 3 is 2.65 bits per heavy atom. The third-order valence-electron chi connectivity index (χ3n) is 2.47. The van der Waals surface area contributed by atoms with E-state index in [-0.39, 0.29) is 0 Å². The number of furan rings is 1. The van der Waals surface area contributed by atoms with E-state index in [1.54, 1.807) is 18.4 Å². The van der Waals surface area contributed by atoms with Gasteiger partial charge in [0.15, 0.2) is 0 Å². The lowest BCUT2D eigenvalue weighted by Gasteiger charge is -2.11. The minimum Gasteiger partial charge on any atom is -0.468 e. The van der Waals surface area contributed by atoms with Gasteiger partial charge < -0.3 is 14.8 Å². The van der Waals surface area contributed by atoms with Crippen LogP contribution in [0.2, 0.25) is 5.02 Å². The molecule has 0 fully saturated rings. The third-order valence-corrected chi connectivity index (χ3v) is 2.72. The van der Waals surface area contributed by atoms with Crippen LogP contribution in [-0.2, 0) is 6.54 Å². The highest BCUT2D eigenvalue weighted by Crippen LogP contribution is 2.15. The van der Waals surface area contributed by atoms with E-state index in [2.05, 4.69) is 5.32 Å². The van der Waals surface area contributed by atoms with E-state index in [0.717, 1.165) is 11.3 Å². The van der Waals surface area contributed by atoms with Crippen LogP contribution in [0.3, 0.4) is 0 Å². The molecule has 0 aliphatic carbocycles. The molecule has 0 radical (unpaired) electrons. The molecule has 2 aromatic rings. The first kappa shape index (κ1) is 12.2. The number of nitrogens with one attached hydrogen (secondary N) is 1. The Hall–Kier alpha value is -1.29. The van der Waals surface area contributed by atoms with Crippen LogP contribution in [0, 0.1) is 0 Å². The van der Waals surface area contributed by atoms with Crippen LogP contribution < -0.4 is 5.32 Å². The summed E-state index contributed by atoms with van der Waals surface area (Å²) in [5.74, 6) is 0.855. The van der Waals surface area contributed by atoms with Gasteiger partial charge in [-0.2, -0.15) is 0 Å². The van der Waals surface area contributed by atoms with Gasteiger partial charge in [0.1, 0.15) is 5.76 Å². The minimum absolute atomic E-state index is 0.475. The molecule has 0 aliphatic heterocycles. The zero-order chi connectivity index (χ0) is 12.1. The molecular weight excluding hydrogens is 238 g/mol. The summed E-state index contributed by atoms with van der Waals surface area (Å²) in [6, 6.07) is 10.9. The van der Waals surface area contributed by atoms with Gasteiger partial charge >= 0.3 is 0 Å². The zero-order valence-corrected chi connectivity index (χ0v) is 10.0. The van der Waals surface area contributed by atoms with Crippen molar-refractivity contribution in [2.75, 3.05) is 6.54 Å². The minimum atomic E-state index is -0.540. The van der Waals surface area contributed by atoms with Crippen molar-refractivity contribution in [2.24, 2.45) is 0 Å². The first-order valence-corrected chi connectivity index (χ1v) is 5.80. The Bertz CT molecular complexity index is 439. The maximum atomic E-state index is 9.90. The van der Waals surface area contributed by atoms with E-state index < -0.39 is 6.10 Å². The number of aliphatic hydroxyl groups is 1. The number of halogens is 1. The molecule has 0 aliphatic rings. The molecule has 1 aromatic heterocycles. The highest BCUT2D eigenvalue weighted by atomic mass is 35.5. The van der Waals surface area contributed by atoms with Crippen molar-refractivity contribution in [1.29, 1.82) is 0 Å². The van der Waals surface area contributed by atoms with Gasteiger partial charge in [0.25, 0.3) is 0 Å². The number of aliphatic hydroxyl groups excluding tert-OH is 1. The number of rotatable bonds is 5. The normalized spacial score (nSPS) is 12.6. The van der Waals surface area contributed by atoms with E-state index >= 15 is 0 Å². The summed E-state index contributed by atoms with van der Waals surface area (Å²) in [6.07, 6.45) is 1.09. The maximum Gasteiger partial charge on any atom is 0.117 e. The van der Waals surface area contributed by atoms with Gasteiger partial charge in [-0.1, -0.05) is 23.7 Å². The summed E-state index contributed by atoms with van der Waals surface area (Å²) in [5, 5.41) is 13.7. The van der Waals surface area contributed by atoms with Crippen LogP contribution in [0.5, 0.6) is 0 Å². The predicted octanol–water partition coefficient (Wildman–Crippen LogP) is 2.76. The Morgan fingerprint density at radius 2 is 2.00 bits per heavy atom. The summed E-state index contributed by atoms with van der Waals surface area (Å²) in [7, 11) is 0. The number of benzene rings is 1. The van der Waals surface area contributed by atoms with E-state index in [9.17, 15) is 5.11 Å². The SMILES string of the molecule is OC(CNCc1ccco1)c1ccc(Cl)cc1. The molecule has 0 saturated carbocycles. The number of hydrogen-bond donors (Lipinski definition) is 2. The van der Waals surface area contributed by atoms with Gasteiger partial charge in [0.2, 0.25) is 0 Å². The Labute approximate surface area is 105 Å². The summed E-state index contributed by atoms with van der Waals surface area (Å²) < 4.78 is 5.18. The molecule has 1 atom stereocenters. The first-order chi connectivity index (χ1) is 8.25. The monoisotopic (exact) mass is 251 g/mol.